The molecule has 1 saturated heterocycles. The van der Waals surface area contributed by atoms with Gasteiger partial charge in [-0.3, -0.25) is 4.79 Å². The van der Waals surface area contributed by atoms with Crippen molar-refractivity contribution in [3.63, 3.8) is 0 Å². The summed E-state index contributed by atoms with van der Waals surface area (Å²) >= 11 is 6.04. The van der Waals surface area contributed by atoms with E-state index in [-0.39, 0.29) is 5.91 Å². The van der Waals surface area contributed by atoms with Crippen LogP contribution in [0, 0.1) is 13.8 Å². The van der Waals surface area contributed by atoms with Crippen LogP contribution in [-0.4, -0.2) is 56.8 Å². The van der Waals surface area contributed by atoms with Gasteiger partial charge in [-0.15, -0.1) is 10.2 Å². The number of aromatic nitrogens is 4. The Labute approximate surface area is 191 Å². The van der Waals surface area contributed by atoms with Crippen molar-refractivity contribution >= 4 is 28.8 Å². The number of amides is 1. The number of nitrogens with zero attached hydrogens (tertiary/aromatic N) is 6. The molecule has 1 aliphatic heterocycles. The monoisotopic (exact) mass is 446 g/mol. The average Bonchev–Trinajstić information content (AvgIpc) is 3.17. The minimum absolute atomic E-state index is 0.106. The molecule has 0 spiro atoms. The second kappa shape index (κ2) is 8.24. The third kappa shape index (κ3) is 3.58. The van der Waals surface area contributed by atoms with Crippen molar-refractivity contribution in [1.82, 2.24) is 24.7 Å². The maximum atomic E-state index is 13.3. The van der Waals surface area contributed by atoms with Crippen LogP contribution in [0.3, 0.4) is 0 Å². The van der Waals surface area contributed by atoms with Crippen molar-refractivity contribution in [2.24, 2.45) is 0 Å². The van der Waals surface area contributed by atoms with Gasteiger partial charge in [-0.1, -0.05) is 41.9 Å². The molecule has 4 aromatic rings. The summed E-state index contributed by atoms with van der Waals surface area (Å²) in [6.07, 6.45) is 0. The van der Waals surface area contributed by atoms with Crippen LogP contribution in [0.2, 0.25) is 5.02 Å². The van der Waals surface area contributed by atoms with Crippen molar-refractivity contribution < 1.29 is 4.79 Å². The Morgan fingerprint density at radius 3 is 2.28 bits per heavy atom. The van der Waals surface area contributed by atoms with E-state index in [1.165, 1.54) is 5.69 Å². The summed E-state index contributed by atoms with van der Waals surface area (Å²) in [6, 6.07) is 17.8. The minimum Gasteiger partial charge on any atom is -0.368 e. The van der Waals surface area contributed by atoms with Crippen molar-refractivity contribution in [3.8, 4) is 11.1 Å². The highest BCUT2D eigenvalue weighted by molar-refractivity contribution is 6.30. The van der Waals surface area contributed by atoms with Crippen LogP contribution in [0.5, 0.6) is 0 Å². The van der Waals surface area contributed by atoms with Crippen LogP contribution < -0.4 is 4.90 Å². The number of hydrogen-bond acceptors (Lipinski definition) is 5. The first-order valence-corrected chi connectivity index (χ1v) is 11.0. The quantitative estimate of drug-likeness (QED) is 0.475. The summed E-state index contributed by atoms with van der Waals surface area (Å²) in [5, 5.41) is 14.1. The SMILES string of the molecule is Cc1nn2c(C)c(C(=O)N3CCN(c4ccccc4)CC3)nnc2c1-c1ccc(Cl)cc1. The number of rotatable bonds is 3. The van der Waals surface area contributed by atoms with Gasteiger partial charge in [0, 0.05) is 36.9 Å². The number of fused-ring (bicyclic) bond motifs is 1. The molecular weight excluding hydrogens is 424 g/mol. The first-order chi connectivity index (χ1) is 15.5. The topological polar surface area (TPSA) is 66.6 Å². The molecule has 3 heterocycles. The Hall–Kier alpha value is -3.45. The molecule has 32 heavy (non-hydrogen) atoms. The maximum absolute atomic E-state index is 13.3. The van der Waals surface area contributed by atoms with Gasteiger partial charge in [-0.05, 0) is 43.7 Å². The fourth-order valence-electron chi connectivity index (χ4n) is 4.22. The lowest BCUT2D eigenvalue weighted by atomic mass is 10.1. The van der Waals surface area contributed by atoms with E-state index in [9.17, 15) is 4.79 Å². The Balaban J connectivity index is 1.41. The van der Waals surface area contributed by atoms with E-state index >= 15 is 0 Å². The Kier molecular flexibility index (Phi) is 5.27. The average molecular weight is 447 g/mol. The van der Waals surface area contributed by atoms with E-state index in [0.717, 1.165) is 29.9 Å². The molecule has 0 N–H and O–H groups in total. The molecule has 0 unspecified atom stereocenters. The van der Waals surface area contributed by atoms with Gasteiger partial charge in [0.25, 0.3) is 5.91 Å². The van der Waals surface area contributed by atoms with E-state index in [1.807, 2.05) is 61.2 Å². The number of carbonyl (C=O) groups is 1. The van der Waals surface area contributed by atoms with Gasteiger partial charge in [0.2, 0.25) is 0 Å². The fourth-order valence-corrected chi connectivity index (χ4v) is 4.35. The van der Waals surface area contributed by atoms with Gasteiger partial charge < -0.3 is 9.80 Å². The van der Waals surface area contributed by atoms with E-state index in [1.54, 1.807) is 4.52 Å². The molecule has 0 bridgehead atoms. The summed E-state index contributed by atoms with van der Waals surface area (Å²) in [5.74, 6) is -0.106. The molecule has 0 atom stereocenters. The number of anilines is 1. The standard InChI is InChI=1S/C24H23ClN6O/c1-16-21(18-8-10-19(25)11-9-18)23-27-26-22(17(2)31(23)28-16)24(32)30-14-12-29(13-15-30)20-6-4-3-5-7-20/h3-11H,12-15H2,1-2H3. The molecule has 1 aliphatic rings. The maximum Gasteiger partial charge on any atom is 0.276 e. The number of benzene rings is 2. The van der Waals surface area contributed by atoms with Gasteiger partial charge >= 0.3 is 0 Å². The first-order valence-electron chi connectivity index (χ1n) is 10.6. The molecular formula is C24H23ClN6O. The molecule has 8 heteroatoms. The van der Waals surface area contributed by atoms with E-state index in [0.29, 0.717) is 35.1 Å². The molecule has 0 aliphatic carbocycles. The predicted molar refractivity (Wildman–Crippen MR) is 125 cm³/mol. The summed E-state index contributed by atoms with van der Waals surface area (Å²) < 4.78 is 1.72. The molecule has 162 valence electrons. The van der Waals surface area contributed by atoms with Crippen LogP contribution in [0.15, 0.2) is 54.6 Å². The fraction of sp³-hybridized carbons (Fsp3) is 0.250. The lowest BCUT2D eigenvalue weighted by Crippen LogP contribution is -2.49. The van der Waals surface area contributed by atoms with Crippen molar-refractivity contribution in [3.05, 3.63) is 76.7 Å². The van der Waals surface area contributed by atoms with Crippen LogP contribution in [0.4, 0.5) is 5.69 Å². The Morgan fingerprint density at radius 2 is 1.59 bits per heavy atom. The van der Waals surface area contributed by atoms with Crippen molar-refractivity contribution in [2.45, 2.75) is 13.8 Å². The molecule has 7 nitrogen and oxygen atoms in total. The molecule has 0 saturated carbocycles. The van der Waals surface area contributed by atoms with E-state index in [2.05, 4.69) is 32.3 Å². The third-order valence-corrected chi connectivity index (χ3v) is 6.22. The van der Waals surface area contributed by atoms with Gasteiger partial charge in [0.05, 0.1) is 17.0 Å². The molecule has 1 amide bonds. The molecule has 0 radical (unpaired) electrons. The lowest BCUT2D eigenvalue weighted by molar-refractivity contribution is 0.0738. The zero-order valence-electron chi connectivity index (χ0n) is 18.0. The number of para-hydroxylation sites is 1. The smallest absolute Gasteiger partial charge is 0.276 e. The van der Waals surface area contributed by atoms with Gasteiger partial charge in [0.1, 0.15) is 0 Å². The van der Waals surface area contributed by atoms with Gasteiger partial charge in [0.15, 0.2) is 11.3 Å². The molecule has 1 fully saturated rings. The predicted octanol–water partition coefficient (Wildman–Crippen LogP) is 4.02. The minimum atomic E-state index is -0.106. The molecule has 2 aromatic heterocycles. The summed E-state index contributed by atoms with van der Waals surface area (Å²) in [6.45, 7) is 6.65. The van der Waals surface area contributed by atoms with E-state index in [4.69, 9.17) is 11.6 Å². The summed E-state index contributed by atoms with van der Waals surface area (Å²) in [4.78, 5) is 17.4. The van der Waals surface area contributed by atoms with Crippen LogP contribution in [0.25, 0.3) is 16.8 Å². The Morgan fingerprint density at radius 1 is 0.906 bits per heavy atom. The number of carbonyl (C=O) groups excluding carboxylic acids is 1. The molecule has 2 aromatic carbocycles. The van der Waals surface area contributed by atoms with Gasteiger partial charge in [-0.25, -0.2) is 4.52 Å². The Bertz CT molecular complexity index is 1280. The van der Waals surface area contributed by atoms with Crippen molar-refractivity contribution in [2.75, 3.05) is 31.1 Å². The third-order valence-electron chi connectivity index (χ3n) is 5.96. The molecule has 5 rings (SSSR count). The highest BCUT2D eigenvalue weighted by Crippen LogP contribution is 2.29. The summed E-state index contributed by atoms with van der Waals surface area (Å²) in [5.41, 5.74) is 5.53. The second-order valence-electron chi connectivity index (χ2n) is 7.95. The number of hydrogen-bond donors (Lipinski definition) is 0. The van der Waals surface area contributed by atoms with Gasteiger partial charge in [-0.2, -0.15) is 5.10 Å². The highest BCUT2D eigenvalue weighted by Gasteiger charge is 2.27. The van der Waals surface area contributed by atoms with Crippen LogP contribution >= 0.6 is 11.6 Å². The largest absolute Gasteiger partial charge is 0.368 e. The van der Waals surface area contributed by atoms with Crippen LogP contribution in [0.1, 0.15) is 21.9 Å². The zero-order chi connectivity index (χ0) is 22.2. The van der Waals surface area contributed by atoms with Crippen LogP contribution in [-0.2, 0) is 0 Å². The zero-order valence-corrected chi connectivity index (χ0v) is 18.8. The number of aryl methyl sites for hydroxylation is 2. The highest BCUT2D eigenvalue weighted by atomic mass is 35.5. The lowest BCUT2D eigenvalue weighted by Gasteiger charge is -2.36. The summed E-state index contributed by atoms with van der Waals surface area (Å²) in [7, 11) is 0. The number of halogens is 1. The number of piperazine rings is 1. The van der Waals surface area contributed by atoms with E-state index < -0.39 is 0 Å². The first kappa shape index (κ1) is 20.5. The normalized spacial score (nSPS) is 14.2. The van der Waals surface area contributed by atoms with Crippen molar-refractivity contribution in [1.29, 1.82) is 0 Å². The second-order valence-corrected chi connectivity index (χ2v) is 8.39.